The standard InChI is InChI=1S/C11H10NO2/c13-11(14)6-5-8-7-12-10-4-2-1-3-9(8)10/h1-4,7,12H,5-6H2. The lowest BCUT2D eigenvalue weighted by molar-refractivity contribution is -0.143. The molecule has 14 heavy (non-hydrogen) atoms. The second-order valence-corrected chi connectivity index (χ2v) is 3.23. The van der Waals surface area contributed by atoms with Crippen molar-refractivity contribution in [1.82, 2.24) is 4.98 Å². The van der Waals surface area contributed by atoms with Gasteiger partial charge in [-0.15, -0.1) is 0 Å². The predicted molar refractivity (Wildman–Crippen MR) is 52.3 cm³/mol. The summed E-state index contributed by atoms with van der Waals surface area (Å²) in [5.41, 5.74) is 2.07. The summed E-state index contributed by atoms with van der Waals surface area (Å²) in [5.74, 6) is -1.00. The molecule has 0 fully saturated rings. The van der Waals surface area contributed by atoms with E-state index in [9.17, 15) is 9.90 Å². The number of benzene rings is 1. The van der Waals surface area contributed by atoms with E-state index in [-0.39, 0.29) is 6.42 Å². The van der Waals surface area contributed by atoms with Gasteiger partial charge >= 0.3 is 5.97 Å². The minimum absolute atomic E-state index is 0.0713. The minimum atomic E-state index is -1.00. The Bertz CT molecular complexity index is 459. The summed E-state index contributed by atoms with van der Waals surface area (Å²) >= 11 is 0. The first-order valence-electron chi connectivity index (χ1n) is 4.52. The molecule has 0 bridgehead atoms. The molecule has 0 aliphatic heterocycles. The molecule has 1 aromatic carbocycles. The van der Waals surface area contributed by atoms with E-state index in [1.54, 1.807) is 0 Å². The molecule has 3 nitrogen and oxygen atoms in total. The van der Waals surface area contributed by atoms with Crippen molar-refractivity contribution in [3.63, 3.8) is 0 Å². The van der Waals surface area contributed by atoms with Crippen molar-refractivity contribution in [3.05, 3.63) is 36.0 Å². The topological polar surface area (TPSA) is 52.8 Å². The van der Waals surface area contributed by atoms with Crippen LogP contribution < -0.4 is 0 Å². The zero-order chi connectivity index (χ0) is 9.97. The summed E-state index contributed by atoms with van der Waals surface area (Å²) in [7, 11) is 0. The SMILES string of the molecule is [O]C(=O)CCc1c[nH]c2ccccc12. The normalized spacial score (nSPS) is 10.6. The largest absolute Gasteiger partial charge is 0.361 e. The molecule has 1 heterocycles. The van der Waals surface area contributed by atoms with Gasteiger partial charge in [0.25, 0.3) is 0 Å². The number of hydrogen-bond donors (Lipinski definition) is 1. The summed E-state index contributed by atoms with van der Waals surface area (Å²) in [6.07, 6.45) is 2.45. The van der Waals surface area contributed by atoms with E-state index in [1.165, 1.54) is 0 Å². The highest BCUT2D eigenvalue weighted by molar-refractivity contribution is 5.83. The van der Waals surface area contributed by atoms with E-state index < -0.39 is 5.97 Å². The van der Waals surface area contributed by atoms with Gasteiger partial charge in [-0.25, -0.2) is 9.90 Å². The molecule has 0 saturated carbocycles. The van der Waals surface area contributed by atoms with Gasteiger partial charge < -0.3 is 4.98 Å². The Morgan fingerprint density at radius 1 is 1.29 bits per heavy atom. The number of aryl methyl sites for hydroxylation is 1. The molecule has 1 N–H and O–H groups in total. The quantitative estimate of drug-likeness (QED) is 0.787. The van der Waals surface area contributed by atoms with E-state index in [0.29, 0.717) is 6.42 Å². The molecule has 71 valence electrons. The zero-order valence-electron chi connectivity index (χ0n) is 7.62. The number of rotatable bonds is 3. The average Bonchev–Trinajstić information content (AvgIpc) is 2.58. The lowest BCUT2D eigenvalue weighted by atomic mass is 10.1. The van der Waals surface area contributed by atoms with E-state index >= 15 is 0 Å². The molecular weight excluding hydrogens is 178 g/mol. The number of nitrogens with one attached hydrogen (secondary N) is 1. The molecule has 0 amide bonds. The van der Waals surface area contributed by atoms with Crippen molar-refractivity contribution in [1.29, 1.82) is 0 Å². The number of carbonyl (C=O) groups is 1. The van der Waals surface area contributed by atoms with Crippen molar-refractivity contribution < 1.29 is 9.90 Å². The number of H-pyrrole nitrogens is 1. The Labute approximate surface area is 81.4 Å². The highest BCUT2D eigenvalue weighted by Gasteiger charge is 2.05. The van der Waals surface area contributed by atoms with Crippen LogP contribution in [-0.4, -0.2) is 11.0 Å². The zero-order valence-corrected chi connectivity index (χ0v) is 7.62. The fourth-order valence-electron chi connectivity index (χ4n) is 1.58. The number of aromatic amines is 1. The molecule has 0 aliphatic carbocycles. The van der Waals surface area contributed by atoms with Crippen molar-refractivity contribution in [2.75, 3.05) is 0 Å². The molecule has 3 heteroatoms. The van der Waals surface area contributed by atoms with Crippen LogP contribution in [0.2, 0.25) is 0 Å². The van der Waals surface area contributed by atoms with Crippen LogP contribution in [0.4, 0.5) is 0 Å². The third kappa shape index (κ3) is 1.62. The Kier molecular flexibility index (Phi) is 2.23. The van der Waals surface area contributed by atoms with Gasteiger partial charge in [0.05, 0.1) is 6.42 Å². The van der Waals surface area contributed by atoms with Crippen LogP contribution in [-0.2, 0) is 16.3 Å². The summed E-state index contributed by atoms with van der Waals surface area (Å²) in [5, 5.41) is 11.4. The van der Waals surface area contributed by atoms with Crippen molar-refractivity contribution in [3.8, 4) is 0 Å². The van der Waals surface area contributed by atoms with Gasteiger partial charge in [0.1, 0.15) is 0 Å². The third-order valence-electron chi connectivity index (χ3n) is 2.27. The minimum Gasteiger partial charge on any atom is -0.361 e. The number of para-hydroxylation sites is 1. The van der Waals surface area contributed by atoms with Crippen LogP contribution >= 0.6 is 0 Å². The van der Waals surface area contributed by atoms with Crippen LogP contribution in [0.25, 0.3) is 10.9 Å². The van der Waals surface area contributed by atoms with Crippen LogP contribution in [0.15, 0.2) is 30.5 Å². The van der Waals surface area contributed by atoms with Crippen molar-refractivity contribution in [2.24, 2.45) is 0 Å². The Balaban J connectivity index is 2.29. The molecule has 0 unspecified atom stereocenters. The predicted octanol–water partition coefficient (Wildman–Crippen LogP) is 2.06. The molecule has 2 aromatic rings. The van der Waals surface area contributed by atoms with Gasteiger partial charge in [0, 0.05) is 17.1 Å². The highest BCUT2D eigenvalue weighted by atomic mass is 16.4. The van der Waals surface area contributed by atoms with E-state index in [4.69, 9.17) is 0 Å². The monoisotopic (exact) mass is 188 g/mol. The van der Waals surface area contributed by atoms with Crippen LogP contribution in [0.1, 0.15) is 12.0 Å². The summed E-state index contributed by atoms with van der Waals surface area (Å²) in [4.78, 5) is 13.4. The number of fused-ring (bicyclic) bond motifs is 1. The molecule has 0 aliphatic rings. The maximum atomic E-state index is 10.3. The fourth-order valence-corrected chi connectivity index (χ4v) is 1.58. The Hall–Kier alpha value is -1.77. The van der Waals surface area contributed by atoms with Crippen LogP contribution in [0, 0.1) is 0 Å². The molecule has 0 saturated heterocycles. The van der Waals surface area contributed by atoms with Crippen LogP contribution in [0.3, 0.4) is 0 Å². The molecule has 1 radical (unpaired) electrons. The summed E-state index contributed by atoms with van der Waals surface area (Å²) in [6.45, 7) is 0. The second-order valence-electron chi connectivity index (χ2n) is 3.23. The first kappa shape index (κ1) is 8.81. The lowest BCUT2D eigenvalue weighted by Gasteiger charge is -1.94. The molecule has 0 spiro atoms. The highest BCUT2D eigenvalue weighted by Crippen LogP contribution is 2.18. The third-order valence-corrected chi connectivity index (χ3v) is 2.27. The first-order valence-corrected chi connectivity index (χ1v) is 4.52. The lowest BCUT2D eigenvalue weighted by Crippen LogP contribution is -1.94. The average molecular weight is 188 g/mol. The number of aromatic nitrogens is 1. The van der Waals surface area contributed by atoms with E-state index in [2.05, 4.69) is 4.98 Å². The molecule has 0 atom stereocenters. The van der Waals surface area contributed by atoms with Gasteiger partial charge in [-0.1, -0.05) is 18.2 Å². The van der Waals surface area contributed by atoms with Gasteiger partial charge in [-0.3, -0.25) is 0 Å². The van der Waals surface area contributed by atoms with Gasteiger partial charge in [-0.2, -0.15) is 0 Å². The smallest absolute Gasteiger partial charge is 0.355 e. The maximum Gasteiger partial charge on any atom is 0.355 e. The molecule has 1 aromatic heterocycles. The Morgan fingerprint density at radius 3 is 2.86 bits per heavy atom. The van der Waals surface area contributed by atoms with E-state index in [1.807, 2.05) is 30.5 Å². The van der Waals surface area contributed by atoms with Crippen molar-refractivity contribution in [2.45, 2.75) is 12.8 Å². The number of hydrogen-bond acceptors (Lipinski definition) is 1. The summed E-state index contributed by atoms with van der Waals surface area (Å²) in [6, 6.07) is 7.84. The maximum absolute atomic E-state index is 10.3. The van der Waals surface area contributed by atoms with E-state index in [0.717, 1.165) is 16.5 Å². The van der Waals surface area contributed by atoms with Gasteiger partial charge in [0.2, 0.25) is 0 Å². The van der Waals surface area contributed by atoms with Gasteiger partial charge in [0.15, 0.2) is 0 Å². The van der Waals surface area contributed by atoms with Crippen LogP contribution in [0.5, 0.6) is 0 Å². The van der Waals surface area contributed by atoms with Gasteiger partial charge in [-0.05, 0) is 18.1 Å². The first-order chi connectivity index (χ1) is 6.77. The number of carbonyl (C=O) groups excluding carboxylic acids is 1. The Morgan fingerprint density at radius 2 is 2.07 bits per heavy atom. The fraction of sp³-hybridized carbons (Fsp3) is 0.182. The summed E-state index contributed by atoms with van der Waals surface area (Å²) < 4.78 is 0. The second kappa shape index (κ2) is 3.54. The molecule has 2 rings (SSSR count). The molecular formula is C11H10NO2. The van der Waals surface area contributed by atoms with Crippen molar-refractivity contribution >= 4 is 16.9 Å².